The third-order valence-corrected chi connectivity index (χ3v) is 6.62. The standard InChI is InChI=1S/C25H18N2S2/c1-3-24(28-17-1)19-5-9-21(10-6-19)27(23-13-15-26-16-14-23)22-11-7-20(8-12-22)25-4-2-18-29-25/h1-18H. The summed E-state index contributed by atoms with van der Waals surface area (Å²) < 4.78 is 0. The molecule has 0 atom stereocenters. The van der Waals surface area contributed by atoms with E-state index in [9.17, 15) is 0 Å². The fourth-order valence-corrected chi connectivity index (χ4v) is 4.84. The van der Waals surface area contributed by atoms with Crippen LogP contribution in [0.25, 0.3) is 20.9 Å². The fraction of sp³-hybridized carbons (Fsp3) is 0. The highest BCUT2D eigenvalue weighted by Crippen LogP contribution is 2.37. The lowest BCUT2D eigenvalue weighted by atomic mass is 10.1. The van der Waals surface area contributed by atoms with Gasteiger partial charge in [0.25, 0.3) is 0 Å². The Labute approximate surface area is 178 Å². The summed E-state index contributed by atoms with van der Waals surface area (Å²) in [5.74, 6) is 0. The zero-order valence-electron chi connectivity index (χ0n) is 15.6. The van der Waals surface area contributed by atoms with Gasteiger partial charge in [0.2, 0.25) is 0 Å². The van der Waals surface area contributed by atoms with Crippen LogP contribution < -0.4 is 4.90 Å². The van der Waals surface area contributed by atoms with E-state index >= 15 is 0 Å². The Morgan fingerprint density at radius 1 is 0.517 bits per heavy atom. The predicted octanol–water partition coefficient (Wildman–Crippen LogP) is 8.01. The number of anilines is 3. The summed E-state index contributed by atoms with van der Waals surface area (Å²) in [6.07, 6.45) is 3.67. The molecule has 0 unspecified atom stereocenters. The van der Waals surface area contributed by atoms with Gasteiger partial charge >= 0.3 is 0 Å². The Morgan fingerprint density at radius 2 is 0.966 bits per heavy atom. The Balaban J connectivity index is 1.54. The van der Waals surface area contributed by atoms with Crippen LogP contribution in [0.5, 0.6) is 0 Å². The first-order valence-electron chi connectivity index (χ1n) is 9.36. The van der Waals surface area contributed by atoms with E-state index in [-0.39, 0.29) is 0 Å². The minimum absolute atomic E-state index is 1.09. The van der Waals surface area contributed by atoms with Crippen molar-refractivity contribution < 1.29 is 0 Å². The molecule has 0 aliphatic carbocycles. The zero-order valence-corrected chi connectivity index (χ0v) is 17.2. The van der Waals surface area contributed by atoms with Gasteiger partial charge in [-0.1, -0.05) is 36.4 Å². The van der Waals surface area contributed by atoms with Gasteiger partial charge in [0, 0.05) is 39.2 Å². The van der Waals surface area contributed by atoms with E-state index in [1.807, 2.05) is 24.5 Å². The maximum atomic E-state index is 4.19. The lowest BCUT2D eigenvalue weighted by Gasteiger charge is -2.25. The van der Waals surface area contributed by atoms with Crippen molar-refractivity contribution in [1.82, 2.24) is 4.98 Å². The fourth-order valence-electron chi connectivity index (χ4n) is 3.38. The molecule has 4 heteroatoms. The van der Waals surface area contributed by atoms with Gasteiger partial charge in [0.1, 0.15) is 0 Å². The molecular weight excluding hydrogens is 392 g/mol. The molecule has 0 radical (unpaired) electrons. The molecule has 0 spiro atoms. The van der Waals surface area contributed by atoms with Crippen LogP contribution in [0, 0.1) is 0 Å². The summed E-state index contributed by atoms with van der Waals surface area (Å²) in [5.41, 5.74) is 5.83. The van der Waals surface area contributed by atoms with Gasteiger partial charge in [-0.15, -0.1) is 22.7 Å². The van der Waals surface area contributed by atoms with E-state index in [4.69, 9.17) is 0 Å². The topological polar surface area (TPSA) is 16.1 Å². The molecule has 2 aromatic carbocycles. The number of benzene rings is 2. The van der Waals surface area contributed by atoms with E-state index in [0.29, 0.717) is 0 Å². The minimum atomic E-state index is 1.09. The van der Waals surface area contributed by atoms with Crippen molar-refractivity contribution in [2.24, 2.45) is 0 Å². The molecule has 0 N–H and O–H groups in total. The number of thiophene rings is 2. The molecule has 0 fully saturated rings. The molecule has 0 aliphatic rings. The maximum Gasteiger partial charge on any atom is 0.0492 e. The molecule has 0 amide bonds. The molecular formula is C25H18N2S2. The summed E-state index contributed by atoms with van der Waals surface area (Å²) in [6.45, 7) is 0. The monoisotopic (exact) mass is 410 g/mol. The van der Waals surface area contributed by atoms with Crippen molar-refractivity contribution in [2.45, 2.75) is 0 Å². The van der Waals surface area contributed by atoms with Crippen LogP contribution in [0.1, 0.15) is 0 Å². The van der Waals surface area contributed by atoms with E-state index in [1.54, 1.807) is 22.7 Å². The van der Waals surface area contributed by atoms with Crippen LogP contribution in [0.2, 0.25) is 0 Å². The molecule has 0 saturated carbocycles. The summed E-state index contributed by atoms with van der Waals surface area (Å²) in [7, 11) is 0. The van der Waals surface area contributed by atoms with Crippen molar-refractivity contribution in [1.29, 1.82) is 0 Å². The number of hydrogen-bond acceptors (Lipinski definition) is 4. The largest absolute Gasteiger partial charge is 0.310 e. The maximum absolute atomic E-state index is 4.19. The van der Waals surface area contributed by atoms with E-state index in [2.05, 4.69) is 93.4 Å². The molecule has 0 aliphatic heterocycles. The first kappa shape index (κ1) is 17.9. The highest BCUT2D eigenvalue weighted by molar-refractivity contribution is 7.13. The van der Waals surface area contributed by atoms with Crippen LogP contribution in [0.4, 0.5) is 17.1 Å². The van der Waals surface area contributed by atoms with Crippen molar-refractivity contribution in [3.63, 3.8) is 0 Å². The van der Waals surface area contributed by atoms with E-state index in [1.165, 1.54) is 20.9 Å². The Morgan fingerprint density at radius 3 is 1.38 bits per heavy atom. The van der Waals surface area contributed by atoms with Gasteiger partial charge in [0.05, 0.1) is 0 Å². The molecule has 3 aromatic heterocycles. The lowest BCUT2D eigenvalue weighted by molar-refractivity contribution is 1.24. The second kappa shape index (κ2) is 8.03. The number of hydrogen-bond donors (Lipinski definition) is 0. The van der Waals surface area contributed by atoms with E-state index in [0.717, 1.165) is 17.1 Å². The van der Waals surface area contributed by atoms with E-state index < -0.39 is 0 Å². The quantitative estimate of drug-likeness (QED) is 0.292. The van der Waals surface area contributed by atoms with Crippen molar-refractivity contribution in [3.8, 4) is 20.9 Å². The molecule has 140 valence electrons. The summed E-state index contributed by atoms with van der Waals surface area (Å²) in [4.78, 5) is 9.02. The third kappa shape index (κ3) is 3.73. The highest BCUT2D eigenvalue weighted by Gasteiger charge is 2.13. The van der Waals surface area contributed by atoms with Crippen LogP contribution >= 0.6 is 22.7 Å². The second-order valence-electron chi connectivity index (χ2n) is 6.59. The first-order valence-corrected chi connectivity index (χ1v) is 11.1. The van der Waals surface area contributed by atoms with Gasteiger partial charge in [-0.05, 0) is 70.4 Å². The zero-order chi connectivity index (χ0) is 19.5. The van der Waals surface area contributed by atoms with Gasteiger partial charge in [-0.25, -0.2) is 0 Å². The normalized spacial score (nSPS) is 10.8. The summed E-state index contributed by atoms with van der Waals surface area (Å²) in [6, 6.07) is 30.1. The number of pyridine rings is 1. The molecule has 0 bridgehead atoms. The average molecular weight is 411 g/mol. The van der Waals surface area contributed by atoms with Crippen LogP contribution in [-0.4, -0.2) is 4.98 Å². The first-order chi connectivity index (χ1) is 14.4. The van der Waals surface area contributed by atoms with Gasteiger partial charge in [0.15, 0.2) is 0 Å². The Kier molecular flexibility index (Phi) is 4.95. The molecule has 5 rings (SSSR count). The summed E-state index contributed by atoms with van der Waals surface area (Å²) in [5, 5.41) is 4.23. The van der Waals surface area contributed by atoms with Gasteiger partial charge in [-0.3, -0.25) is 4.98 Å². The van der Waals surface area contributed by atoms with Gasteiger partial charge in [-0.2, -0.15) is 0 Å². The number of nitrogens with zero attached hydrogens (tertiary/aromatic N) is 2. The molecule has 29 heavy (non-hydrogen) atoms. The lowest BCUT2D eigenvalue weighted by Crippen LogP contribution is -2.09. The van der Waals surface area contributed by atoms with Crippen molar-refractivity contribution >= 4 is 39.7 Å². The van der Waals surface area contributed by atoms with Gasteiger partial charge < -0.3 is 4.90 Å². The SMILES string of the molecule is c1csc(-c2ccc(N(c3ccncc3)c3ccc(-c4cccs4)cc3)cc2)c1. The molecule has 2 nitrogen and oxygen atoms in total. The number of aromatic nitrogens is 1. The Hall–Kier alpha value is -3.21. The molecule has 5 aromatic rings. The van der Waals surface area contributed by atoms with Crippen molar-refractivity contribution in [2.75, 3.05) is 4.90 Å². The highest BCUT2D eigenvalue weighted by atomic mass is 32.1. The third-order valence-electron chi connectivity index (χ3n) is 4.78. The summed E-state index contributed by atoms with van der Waals surface area (Å²) >= 11 is 3.52. The smallest absolute Gasteiger partial charge is 0.0492 e. The van der Waals surface area contributed by atoms with Crippen molar-refractivity contribution in [3.05, 3.63) is 108 Å². The Bertz CT molecular complexity index is 1080. The second-order valence-corrected chi connectivity index (χ2v) is 8.48. The number of rotatable bonds is 5. The van der Waals surface area contributed by atoms with Crippen LogP contribution in [0.15, 0.2) is 108 Å². The predicted molar refractivity (Wildman–Crippen MR) is 126 cm³/mol. The average Bonchev–Trinajstić information content (AvgIpc) is 3.51. The molecule has 0 saturated heterocycles. The van der Waals surface area contributed by atoms with Crippen LogP contribution in [-0.2, 0) is 0 Å². The van der Waals surface area contributed by atoms with Crippen LogP contribution in [0.3, 0.4) is 0 Å². The minimum Gasteiger partial charge on any atom is -0.310 e. The molecule has 3 heterocycles.